The molecule has 0 aromatic carbocycles. The van der Waals surface area contributed by atoms with Crippen molar-refractivity contribution in [1.82, 2.24) is 9.97 Å². The van der Waals surface area contributed by atoms with Gasteiger partial charge in [-0.3, -0.25) is 0 Å². The van der Waals surface area contributed by atoms with Crippen LogP contribution in [-0.2, 0) is 11.2 Å². The zero-order valence-corrected chi connectivity index (χ0v) is 12.3. The first kappa shape index (κ1) is 14.1. The third kappa shape index (κ3) is 3.15. The van der Waals surface area contributed by atoms with E-state index in [-0.39, 0.29) is 12.2 Å². The van der Waals surface area contributed by atoms with Gasteiger partial charge in [-0.05, 0) is 20.3 Å². The lowest BCUT2D eigenvalue weighted by molar-refractivity contribution is -0.00551. The van der Waals surface area contributed by atoms with E-state index in [1.165, 1.54) is 5.56 Å². The SMILES string of the molecule is CCCc1c(NC)ncnc1N1CC(C)OC(C)C1. The summed E-state index contributed by atoms with van der Waals surface area (Å²) < 4.78 is 5.79. The molecule has 0 bridgehead atoms. The number of anilines is 2. The maximum Gasteiger partial charge on any atom is 0.137 e. The standard InChI is InChI=1S/C14H24N4O/c1-5-6-12-13(15-4)16-9-17-14(12)18-7-10(2)19-11(3)8-18/h9-11H,5-8H2,1-4H3,(H,15,16,17). The Labute approximate surface area is 115 Å². The summed E-state index contributed by atoms with van der Waals surface area (Å²) in [6.45, 7) is 8.19. The molecule has 1 fully saturated rings. The number of nitrogens with zero attached hydrogens (tertiary/aromatic N) is 3. The molecule has 0 amide bonds. The third-order valence-corrected chi connectivity index (χ3v) is 3.38. The fourth-order valence-electron chi connectivity index (χ4n) is 2.72. The van der Waals surface area contributed by atoms with Crippen molar-refractivity contribution in [2.24, 2.45) is 0 Å². The Morgan fingerprint density at radius 3 is 2.58 bits per heavy atom. The fourth-order valence-corrected chi connectivity index (χ4v) is 2.72. The van der Waals surface area contributed by atoms with Crippen LogP contribution >= 0.6 is 0 Å². The highest BCUT2D eigenvalue weighted by Crippen LogP contribution is 2.27. The van der Waals surface area contributed by atoms with E-state index in [0.29, 0.717) is 0 Å². The van der Waals surface area contributed by atoms with E-state index in [0.717, 1.165) is 37.6 Å². The maximum absolute atomic E-state index is 5.79. The topological polar surface area (TPSA) is 50.3 Å². The molecule has 2 unspecified atom stereocenters. The lowest BCUT2D eigenvalue weighted by Crippen LogP contribution is -2.46. The highest BCUT2D eigenvalue weighted by atomic mass is 16.5. The second-order valence-corrected chi connectivity index (χ2v) is 5.19. The molecule has 5 heteroatoms. The van der Waals surface area contributed by atoms with Crippen LogP contribution in [0.1, 0.15) is 32.8 Å². The molecule has 2 heterocycles. The smallest absolute Gasteiger partial charge is 0.137 e. The van der Waals surface area contributed by atoms with Gasteiger partial charge >= 0.3 is 0 Å². The van der Waals surface area contributed by atoms with Gasteiger partial charge < -0.3 is 15.0 Å². The van der Waals surface area contributed by atoms with E-state index in [4.69, 9.17) is 4.74 Å². The molecular weight excluding hydrogens is 240 g/mol. The minimum atomic E-state index is 0.242. The van der Waals surface area contributed by atoms with Crippen molar-refractivity contribution in [3.05, 3.63) is 11.9 Å². The van der Waals surface area contributed by atoms with Crippen molar-refractivity contribution in [3.8, 4) is 0 Å². The molecule has 19 heavy (non-hydrogen) atoms. The molecule has 0 spiro atoms. The molecule has 1 aliphatic heterocycles. The number of nitrogens with one attached hydrogen (secondary N) is 1. The predicted molar refractivity (Wildman–Crippen MR) is 77.8 cm³/mol. The molecule has 0 radical (unpaired) electrons. The summed E-state index contributed by atoms with van der Waals surface area (Å²) in [6.07, 6.45) is 4.21. The van der Waals surface area contributed by atoms with Crippen LogP contribution in [0.15, 0.2) is 6.33 Å². The molecule has 106 valence electrons. The highest BCUT2D eigenvalue weighted by molar-refractivity contribution is 5.59. The summed E-state index contributed by atoms with van der Waals surface area (Å²) in [5, 5.41) is 3.17. The summed E-state index contributed by atoms with van der Waals surface area (Å²) in [4.78, 5) is 11.2. The molecule has 2 rings (SSSR count). The maximum atomic E-state index is 5.79. The van der Waals surface area contributed by atoms with Crippen LogP contribution in [0.5, 0.6) is 0 Å². The van der Waals surface area contributed by atoms with Gasteiger partial charge in [0.05, 0.1) is 12.2 Å². The minimum absolute atomic E-state index is 0.242. The number of hydrogen-bond donors (Lipinski definition) is 1. The summed E-state index contributed by atoms with van der Waals surface area (Å²) >= 11 is 0. The molecule has 1 N–H and O–H groups in total. The molecule has 1 aromatic rings. The molecule has 0 saturated carbocycles. The van der Waals surface area contributed by atoms with Gasteiger partial charge in [0.2, 0.25) is 0 Å². The zero-order chi connectivity index (χ0) is 13.8. The average Bonchev–Trinajstić information content (AvgIpc) is 2.38. The number of ether oxygens (including phenoxy) is 1. The first-order valence-corrected chi connectivity index (χ1v) is 7.07. The predicted octanol–water partition coefficient (Wildman–Crippen LogP) is 2.08. The van der Waals surface area contributed by atoms with Crippen LogP contribution < -0.4 is 10.2 Å². The Kier molecular flexibility index (Phi) is 4.58. The quantitative estimate of drug-likeness (QED) is 0.902. The largest absolute Gasteiger partial charge is 0.373 e. The third-order valence-electron chi connectivity index (χ3n) is 3.38. The van der Waals surface area contributed by atoms with E-state index in [1.54, 1.807) is 6.33 Å². The van der Waals surface area contributed by atoms with Crippen molar-refractivity contribution in [1.29, 1.82) is 0 Å². The van der Waals surface area contributed by atoms with E-state index in [9.17, 15) is 0 Å². The Balaban J connectivity index is 2.32. The summed E-state index contributed by atoms with van der Waals surface area (Å²) in [7, 11) is 1.91. The van der Waals surface area contributed by atoms with Crippen LogP contribution in [-0.4, -0.2) is 42.3 Å². The summed E-state index contributed by atoms with van der Waals surface area (Å²) in [5.41, 5.74) is 1.22. The first-order chi connectivity index (χ1) is 9.15. The van der Waals surface area contributed by atoms with Gasteiger partial charge in [0.15, 0.2) is 0 Å². The molecule has 5 nitrogen and oxygen atoms in total. The Morgan fingerprint density at radius 2 is 2.00 bits per heavy atom. The van der Waals surface area contributed by atoms with Crippen molar-refractivity contribution in [3.63, 3.8) is 0 Å². The van der Waals surface area contributed by atoms with Crippen molar-refractivity contribution < 1.29 is 4.74 Å². The molecule has 1 aromatic heterocycles. The second-order valence-electron chi connectivity index (χ2n) is 5.19. The lowest BCUT2D eigenvalue weighted by atomic mass is 10.1. The number of aromatic nitrogens is 2. The average molecular weight is 264 g/mol. The number of hydrogen-bond acceptors (Lipinski definition) is 5. The van der Waals surface area contributed by atoms with Gasteiger partial charge in [0.1, 0.15) is 18.0 Å². The Hall–Kier alpha value is -1.36. The molecule has 1 saturated heterocycles. The Bertz CT molecular complexity index is 414. The Morgan fingerprint density at radius 1 is 1.32 bits per heavy atom. The molecule has 0 aliphatic carbocycles. The van der Waals surface area contributed by atoms with Crippen LogP contribution in [0.4, 0.5) is 11.6 Å². The summed E-state index contributed by atoms with van der Waals surface area (Å²) in [5.74, 6) is 2.00. The van der Waals surface area contributed by atoms with Crippen molar-refractivity contribution in [2.45, 2.75) is 45.8 Å². The van der Waals surface area contributed by atoms with Crippen molar-refractivity contribution >= 4 is 11.6 Å². The van der Waals surface area contributed by atoms with E-state index >= 15 is 0 Å². The van der Waals surface area contributed by atoms with Crippen LogP contribution in [0.2, 0.25) is 0 Å². The van der Waals surface area contributed by atoms with E-state index in [2.05, 4.69) is 41.0 Å². The van der Waals surface area contributed by atoms with Gasteiger partial charge in [-0.25, -0.2) is 9.97 Å². The van der Waals surface area contributed by atoms with Crippen LogP contribution in [0, 0.1) is 0 Å². The molecular formula is C14H24N4O. The number of morpholine rings is 1. The van der Waals surface area contributed by atoms with Gasteiger partial charge in [0.25, 0.3) is 0 Å². The van der Waals surface area contributed by atoms with Gasteiger partial charge in [-0.15, -0.1) is 0 Å². The van der Waals surface area contributed by atoms with E-state index < -0.39 is 0 Å². The second kappa shape index (κ2) is 6.19. The van der Waals surface area contributed by atoms with Crippen molar-refractivity contribution in [2.75, 3.05) is 30.4 Å². The normalized spacial score (nSPS) is 23.5. The van der Waals surface area contributed by atoms with Gasteiger partial charge in [-0.2, -0.15) is 0 Å². The lowest BCUT2D eigenvalue weighted by Gasteiger charge is -2.37. The fraction of sp³-hybridized carbons (Fsp3) is 0.714. The van der Waals surface area contributed by atoms with Crippen LogP contribution in [0.3, 0.4) is 0 Å². The van der Waals surface area contributed by atoms with Crippen LogP contribution in [0.25, 0.3) is 0 Å². The highest BCUT2D eigenvalue weighted by Gasteiger charge is 2.25. The van der Waals surface area contributed by atoms with Gasteiger partial charge in [0, 0.05) is 25.7 Å². The monoisotopic (exact) mass is 264 g/mol. The minimum Gasteiger partial charge on any atom is -0.373 e. The zero-order valence-electron chi connectivity index (χ0n) is 12.3. The number of rotatable bonds is 4. The van der Waals surface area contributed by atoms with E-state index in [1.807, 2.05) is 7.05 Å². The summed E-state index contributed by atoms with van der Waals surface area (Å²) in [6, 6.07) is 0. The van der Waals surface area contributed by atoms with Gasteiger partial charge in [-0.1, -0.05) is 13.3 Å². The first-order valence-electron chi connectivity index (χ1n) is 7.07. The molecule has 1 aliphatic rings. The molecule has 2 atom stereocenters.